The first-order valence-corrected chi connectivity index (χ1v) is 8.00. The number of anilines is 1. The number of alkyl halides is 3. The maximum absolute atomic E-state index is 12.3. The van der Waals surface area contributed by atoms with Crippen LogP contribution in [0.1, 0.15) is 5.56 Å². The summed E-state index contributed by atoms with van der Waals surface area (Å²) in [6, 6.07) is 13.2. The highest BCUT2D eigenvalue weighted by atomic mass is 19.4. The normalized spacial score (nSPS) is 16.0. The lowest BCUT2D eigenvalue weighted by atomic mass is 10.1. The van der Waals surface area contributed by atoms with Crippen molar-refractivity contribution >= 4 is 5.69 Å². The van der Waals surface area contributed by atoms with E-state index in [1.807, 2.05) is 12.1 Å². The molecule has 3 rings (SSSR count). The summed E-state index contributed by atoms with van der Waals surface area (Å²) in [6.07, 6.45) is -4.67. The van der Waals surface area contributed by atoms with Crippen LogP contribution < -0.4 is 9.64 Å². The van der Waals surface area contributed by atoms with Crippen molar-refractivity contribution in [1.82, 2.24) is 4.90 Å². The number of benzene rings is 2. The number of hydrogen-bond donors (Lipinski definition) is 1. The lowest BCUT2D eigenvalue weighted by molar-refractivity contribution is -0.274. The maximum atomic E-state index is 12.3. The molecule has 1 fully saturated rings. The molecule has 1 aliphatic heterocycles. The molecule has 25 heavy (non-hydrogen) atoms. The number of piperazine rings is 1. The molecule has 0 amide bonds. The topological polar surface area (TPSA) is 35.9 Å². The van der Waals surface area contributed by atoms with Gasteiger partial charge in [-0.25, -0.2) is 0 Å². The minimum atomic E-state index is -4.67. The fraction of sp³-hybridized carbons (Fsp3) is 0.333. The van der Waals surface area contributed by atoms with Crippen molar-refractivity contribution in [2.75, 3.05) is 31.1 Å². The Morgan fingerprint density at radius 2 is 1.64 bits per heavy atom. The van der Waals surface area contributed by atoms with Gasteiger partial charge in [0.25, 0.3) is 0 Å². The molecule has 0 spiro atoms. The van der Waals surface area contributed by atoms with Gasteiger partial charge < -0.3 is 14.7 Å². The average molecular weight is 352 g/mol. The van der Waals surface area contributed by atoms with Crippen LogP contribution in [0, 0.1) is 0 Å². The van der Waals surface area contributed by atoms with E-state index in [1.165, 1.54) is 12.1 Å². The fourth-order valence-electron chi connectivity index (χ4n) is 2.93. The summed E-state index contributed by atoms with van der Waals surface area (Å²) >= 11 is 0. The summed E-state index contributed by atoms with van der Waals surface area (Å²) in [7, 11) is 0. The molecule has 0 radical (unpaired) electrons. The zero-order chi connectivity index (χ0) is 17.9. The van der Waals surface area contributed by atoms with Crippen molar-refractivity contribution in [3.63, 3.8) is 0 Å². The number of nitrogens with zero attached hydrogens (tertiary/aromatic N) is 2. The van der Waals surface area contributed by atoms with Crippen molar-refractivity contribution in [3.8, 4) is 11.5 Å². The number of aromatic hydroxyl groups is 1. The summed E-state index contributed by atoms with van der Waals surface area (Å²) in [5.41, 5.74) is 1.85. The molecule has 1 aliphatic rings. The molecule has 0 unspecified atom stereocenters. The Bertz CT molecular complexity index is 696. The highest BCUT2D eigenvalue weighted by Gasteiger charge is 2.31. The van der Waals surface area contributed by atoms with E-state index in [9.17, 15) is 18.3 Å². The molecule has 7 heteroatoms. The first kappa shape index (κ1) is 17.4. The van der Waals surface area contributed by atoms with Crippen LogP contribution >= 0.6 is 0 Å². The van der Waals surface area contributed by atoms with Gasteiger partial charge in [-0.1, -0.05) is 12.1 Å². The van der Waals surface area contributed by atoms with Crippen LogP contribution in [-0.2, 0) is 6.54 Å². The Morgan fingerprint density at radius 3 is 2.28 bits per heavy atom. The van der Waals surface area contributed by atoms with Crippen LogP contribution in [-0.4, -0.2) is 42.5 Å². The summed E-state index contributed by atoms with van der Waals surface area (Å²) < 4.78 is 40.9. The maximum Gasteiger partial charge on any atom is 0.573 e. The molecule has 0 aromatic heterocycles. The Morgan fingerprint density at radius 1 is 0.960 bits per heavy atom. The van der Waals surface area contributed by atoms with Gasteiger partial charge in [-0.2, -0.15) is 0 Å². The van der Waals surface area contributed by atoms with E-state index in [1.54, 1.807) is 24.3 Å². The van der Waals surface area contributed by atoms with Gasteiger partial charge in [-0.3, -0.25) is 4.90 Å². The van der Waals surface area contributed by atoms with Gasteiger partial charge >= 0.3 is 6.36 Å². The molecule has 0 aliphatic carbocycles. The van der Waals surface area contributed by atoms with Gasteiger partial charge in [-0.15, -0.1) is 13.2 Å². The lowest BCUT2D eigenvalue weighted by Gasteiger charge is -2.36. The van der Waals surface area contributed by atoms with Crippen LogP contribution in [0.3, 0.4) is 0 Å². The summed E-state index contributed by atoms with van der Waals surface area (Å²) in [5, 5.41) is 9.35. The van der Waals surface area contributed by atoms with Crippen LogP contribution in [0.25, 0.3) is 0 Å². The standard InChI is InChI=1S/C18H19F3N2O2/c19-18(20,21)25-17-3-1-2-14(12-17)13-22-8-10-23(11-9-22)15-4-6-16(24)7-5-15/h1-7,12,24H,8-11,13H2. The largest absolute Gasteiger partial charge is 0.573 e. The molecule has 1 N–H and O–H groups in total. The molecular formula is C18H19F3N2O2. The molecule has 134 valence electrons. The minimum absolute atomic E-state index is 0.187. The first-order valence-electron chi connectivity index (χ1n) is 8.00. The van der Waals surface area contributed by atoms with E-state index >= 15 is 0 Å². The zero-order valence-corrected chi connectivity index (χ0v) is 13.5. The van der Waals surface area contributed by atoms with Crippen LogP contribution in [0.2, 0.25) is 0 Å². The van der Waals surface area contributed by atoms with Gasteiger partial charge in [0.05, 0.1) is 0 Å². The smallest absolute Gasteiger partial charge is 0.508 e. The minimum Gasteiger partial charge on any atom is -0.508 e. The molecule has 1 heterocycles. The van der Waals surface area contributed by atoms with Crippen molar-refractivity contribution in [3.05, 3.63) is 54.1 Å². The van der Waals surface area contributed by atoms with Gasteiger partial charge in [-0.05, 0) is 42.0 Å². The predicted molar refractivity (Wildman–Crippen MR) is 88.7 cm³/mol. The quantitative estimate of drug-likeness (QED) is 0.912. The third kappa shape index (κ3) is 5.03. The van der Waals surface area contributed by atoms with Crippen molar-refractivity contribution < 1.29 is 23.0 Å². The molecule has 1 saturated heterocycles. The molecule has 0 saturated carbocycles. The number of halogens is 3. The molecule has 2 aromatic carbocycles. The Hall–Kier alpha value is -2.41. The number of phenols is 1. The molecule has 0 atom stereocenters. The Kier molecular flexibility index (Phi) is 5.03. The van der Waals surface area contributed by atoms with Gasteiger partial charge in [0.1, 0.15) is 11.5 Å². The zero-order valence-electron chi connectivity index (χ0n) is 13.5. The Labute approximate surface area is 144 Å². The van der Waals surface area contributed by atoms with Crippen molar-refractivity contribution in [2.45, 2.75) is 12.9 Å². The second-order valence-electron chi connectivity index (χ2n) is 5.97. The molecule has 0 bridgehead atoms. The second kappa shape index (κ2) is 7.23. The summed E-state index contributed by atoms with van der Waals surface area (Å²) in [4.78, 5) is 4.42. The summed E-state index contributed by atoms with van der Waals surface area (Å²) in [5.74, 6) is 0.0519. The van der Waals surface area contributed by atoms with Crippen molar-refractivity contribution in [2.24, 2.45) is 0 Å². The predicted octanol–water partition coefficient (Wildman–Crippen LogP) is 3.61. The first-order chi connectivity index (χ1) is 11.9. The third-order valence-electron chi connectivity index (χ3n) is 4.13. The number of ether oxygens (including phenoxy) is 1. The van der Waals surface area contributed by atoms with E-state index < -0.39 is 6.36 Å². The number of hydrogen-bond acceptors (Lipinski definition) is 4. The number of phenolic OH excluding ortho intramolecular Hbond substituents is 1. The lowest BCUT2D eigenvalue weighted by Crippen LogP contribution is -2.45. The molecule has 2 aromatic rings. The number of rotatable bonds is 4. The van der Waals surface area contributed by atoms with E-state index in [-0.39, 0.29) is 11.5 Å². The Balaban J connectivity index is 1.55. The second-order valence-corrected chi connectivity index (χ2v) is 5.97. The van der Waals surface area contributed by atoms with Crippen molar-refractivity contribution in [1.29, 1.82) is 0 Å². The van der Waals surface area contributed by atoms with Gasteiger partial charge in [0, 0.05) is 38.4 Å². The monoisotopic (exact) mass is 352 g/mol. The van der Waals surface area contributed by atoms with E-state index in [0.29, 0.717) is 6.54 Å². The van der Waals surface area contributed by atoms with E-state index in [0.717, 1.165) is 37.4 Å². The van der Waals surface area contributed by atoms with Crippen LogP contribution in [0.4, 0.5) is 18.9 Å². The molecule has 4 nitrogen and oxygen atoms in total. The highest BCUT2D eigenvalue weighted by molar-refractivity contribution is 5.49. The van der Waals surface area contributed by atoms with Gasteiger partial charge in [0.2, 0.25) is 0 Å². The van der Waals surface area contributed by atoms with Crippen LogP contribution in [0.5, 0.6) is 11.5 Å². The SMILES string of the molecule is Oc1ccc(N2CCN(Cc3cccc(OC(F)(F)F)c3)CC2)cc1. The van der Waals surface area contributed by atoms with Gasteiger partial charge in [0.15, 0.2) is 0 Å². The van der Waals surface area contributed by atoms with Crippen LogP contribution in [0.15, 0.2) is 48.5 Å². The summed E-state index contributed by atoms with van der Waals surface area (Å²) in [6.45, 7) is 3.85. The van der Waals surface area contributed by atoms with E-state index in [2.05, 4.69) is 14.5 Å². The van der Waals surface area contributed by atoms with E-state index in [4.69, 9.17) is 0 Å². The highest BCUT2D eigenvalue weighted by Crippen LogP contribution is 2.24. The third-order valence-corrected chi connectivity index (χ3v) is 4.13. The molecular weight excluding hydrogens is 333 g/mol. The fourth-order valence-corrected chi connectivity index (χ4v) is 2.93. The average Bonchev–Trinajstić information content (AvgIpc) is 2.55.